The van der Waals surface area contributed by atoms with Gasteiger partial charge in [-0.15, -0.1) is 0 Å². The van der Waals surface area contributed by atoms with Crippen molar-refractivity contribution in [2.75, 3.05) is 0 Å². The second-order valence-electron chi connectivity index (χ2n) is 2.43. The van der Waals surface area contributed by atoms with E-state index >= 15 is 0 Å². The normalized spacial score (nSPS) is 14.6. The summed E-state index contributed by atoms with van der Waals surface area (Å²) >= 11 is 0. The lowest BCUT2D eigenvalue weighted by molar-refractivity contribution is 0.189. The van der Waals surface area contributed by atoms with Gasteiger partial charge in [-0.25, -0.2) is 8.78 Å². The van der Waals surface area contributed by atoms with Gasteiger partial charge in [0.25, 0.3) is 6.43 Å². The Morgan fingerprint density at radius 3 is 2.45 bits per heavy atom. The first kappa shape index (κ1) is 10.6. The molecule has 0 aliphatic heterocycles. The van der Waals surface area contributed by atoms with Crippen LogP contribution in [-0.4, -0.2) is 17.6 Å². The monoisotopic (exact) mass is 164 g/mol. The summed E-state index contributed by atoms with van der Waals surface area (Å²) in [6.07, 6.45) is 1.13. The molecule has 0 amide bonds. The molecule has 0 spiro atoms. The van der Waals surface area contributed by atoms with E-state index in [4.69, 9.17) is 5.11 Å². The van der Waals surface area contributed by atoms with E-state index in [1.54, 1.807) is 0 Å². The fourth-order valence-electron chi connectivity index (χ4n) is 0.722. The predicted octanol–water partition coefficient (Wildman–Crippen LogP) is 2.36. The average Bonchev–Trinajstić information content (AvgIpc) is 1.97. The zero-order chi connectivity index (χ0) is 8.69. The van der Waals surface area contributed by atoms with Gasteiger partial charge in [0.05, 0.1) is 6.10 Å². The van der Waals surface area contributed by atoms with Crippen LogP contribution in [0.5, 0.6) is 0 Å². The minimum atomic E-state index is -2.45. The highest BCUT2D eigenvalue weighted by molar-refractivity contribution is 4.90. The zero-order valence-corrected chi connectivity index (χ0v) is 6.63. The van der Waals surface area contributed by atoms with Crippen molar-refractivity contribution in [1.29, 1.82) is 0 Å². The molecule has 0 rings (SSSR count). The van der Waals surface area contributed by atoms with Gasteiger partial charge in [0, 0.05) is 0 Å². The quantitative estimate of drug-likeness (QED) is 0.618. The minimum absolute atomic E-state index is 0.569. The van der Waals surface area contributed by atoms with Crippen molar-refractivity contribution >= 4 is 0 Å². The van der Waals surface area contributed by atoms with Crippen molar-refractivity contribution in [3.05, 3.63) is 12.2 Å². The molecule has 3 heteroatoms. The van der Waals surface area contributed by atoms with Crippen molar-refractivity contribution in [2.24, 2.45) is 0 Å². The topological polar surface area (TPSA) is 20.2 Å². The lowest BCUT2D eigenvalue weighted by atomic mass is 10.1. The highest BCUT2D eigenvalue weighted by Gasteiger charge is 1.99. The average molecular weight is 164 g/mol. The van der Waals surface area contributed by atoms with Crippen molar-refractivity contribution in [2.45, 2.75) is 38.7 Å². The van der Waals surface area contributed by atoms with Gasteiger partial charge in [-0.3, -0.25) is 0 Å². The molecule has 0 bridgehead atoms. The Labute approximate surface area is 65.7 Å². The van der Waals surface area contributed by atoms with E-state index in [0.717, 1.165) is 25.0 Å². The fourth-order valence-corrected chi connectivity index (χ4v) is 0.722. The number of unbranched alkanes of at least 4 members (excludes halogenated alkanes) is 1. The molecule has 0 aromatic heterocycles. The van der Waals surface area contributed by atoms with Crippen molar-refractivity contribution in [3.8, 4) is 0 Å². The lowest BCUT2D eigenvalue weighted by Gasteiger charge is -2.02. The van der Waals surface area contributed by atoms with Crippen LogP contribution in [0.15, 0.2) is 12.2 Å². The highest BCUT2D eigenvalue weighted by atomic mass is 19.3. The number of allylic oxidation sites excluding steroid dienone is 1. The Kier molecular flexibility index (Phi) is 6.03. The van der Waals surface area contributed by atoms with Crippen LogP contribution in [-0.2, 0) is 0 Å². The molecule has 0 fully saturated rings. The van der Waals surface area contributed by atoms with Crippen LogP contribution in [0, 0.1) is 0 Å². The molecule has 11 heavy (non-hydrogen) atoms. The number of hydrogen-bond acceptors (Lipinski definition) is 1. The molecule has 0 saturated heterocycles. The molecule has 0 aliphatic carbocycles. The Morgan fingerprint density at radius 1 is 1.36 bits per heavy atom. The molecule has 0 aromatic carbocycles. The molecule has 0 radical (unpaired) electrons. The van der Waals surface area contributed by atoms with Crippen LogP contribution in [0.2, 0.25) is 0 Å². The third-order valence-electron chi connectivity index (χ3n) is 1.33. The molecule has 66 valence electrons. The number of halogens is 2. The maximum absolute atomic E-state index is 11.5. The summed E-state index contributed by atoms with van der Waals surface area (Å²) in [6.45, 7) is 1.99. The third kappa shape index (κ3) is 7.46. The Balaban J connectivity index is 3.42. The second-order valence-corrected chi connectivity index (χ2v) is 2.43. The van der Waals surface area contributed by atoms with Gasteiger partial charge in [0.2, 0.25) is 0 Å². The van der Waals surface area contributed by atoms with Crippen LogP contribution in [0.4, 0.5) is 8.78 Å². The predicted molar refractivity (Wildman–Crippen MR) is 40.7 cm³/mol. The largest absolute Gasteiger partial charge is 0.389 e. The second kappa shape index (κ2) is 6.28. The number of rotatable bonds is 5. The standard InChI is InChI=1S/C8H14F2O/c1-2-3-4-7(11)5-6-8(9)10/h5-8,11H,2-4H2,1H3/b6-5+/t7-/m1/s1. The third-order valence-corrected chi connectivity index (χ3v) is 1.33. The van der Waals surface area contributed by atoms with Crippen molar-refractivity contribution in [1.82, 2.24) is 0 Å². The molecule has 0 aliphatic rings. The summed E-state index contributed by atoms with van der Waals surface area (Å²) in [7, 11) is 0. The SMILES string of the molecule is CCCC[C@@H](O)/C=C/C(F)F. The fraction of sp³-hybridized carbons (Fsp3) is 0.750. The highest BCUT2D eigenvalue weighted by Crippen LogP contribution is 2.03. The van der Waals surface area contributed by atoms with Crippen LogP contribution in [0.3, 0.4) is 0 Å². The maximum Gasteiger partial charge on any atom is 0.257 e. The summed E-state index contributed by atoms with van der Waals surface area (Å²) < 4.78 is 23.0. The van der Waals surface area contributed by atoms with E-state index in [2.05, 4.69) is 0 Å². The number of alkyl halides is 2. The minimum Gasteiger partial charge on any atom is -0.389 e. The molecule has 1 N–H and O–H groups in total. The molecule has 0 aromatic rings. The number of aliphatic hydroxyl groups excluding tert-OH is 1. The van der Waals surface area contributed by atoms with Gasteiger partial charge in [0.1, 0.15) is 0 Å². The first-order valence-corrected chi connectivity index (χ1v) is 3.81. The van der Waals surface area contributed by atoms with Gasteiger partial charge in [-0.05, 0) is 12.5 Å². The van der Waals surface area contributed by atoms with Gasteiger partial charge in [0.15, 0.2) is 0 Å². The lowest BCUT2D eigenvalue weighted by Crippen LogP contribution is -2.01. The van der Waals surface area contributed by atoms with Gasteiger partial charge in [-0.1, -0.05) is 25.8 Å². The van der Waals surface area contributed by atoms with Gasteiger partial charge < -0.3 is 5.11 Å². The summed E-state index contributed by atoms with van der Waals surface area (Å²) in [6, 6.07) is 0. The molecule has 0 saturated carbocycles. The van der Waals surface area contributed by atoms with E-state index < -0.39 is 12.5 Å². The van der Waals surface area contributed by atoms with Crippen molar-refractivity contribution < 1.29 is 13.9 Å². The van der Waals surface area contributed by atoms with Gasteiger partial charge in [-0.2, -0.15) is 0 Å². The Bertz CT molecular complexity index is 113. The van der Waals surface area contributed by atoms with Gasteiger partial charge >= 0.3 is 0 Å². The number of hydrogen-bond donors (Lipinski definition) is 1. The van der Waals surface area contributed by atoms with E-state index in [-0.39, 0.29) is 0 Å². The smallest absolute Gasteiger partial charge is 0.257 e. The van der Waals surface area contributed by atoms with Crippen LogP contribution < -0.4 is 0 Å². The Hall–Kier alpha value is -0.440. The Morgan fingerprint density at radius 2 is 2.00 bits per heavy atom. The summed E-state index contributed by atoms with van der Waals surface area (Å²) in [4.78, 5) is 0. The van der Waals surface area contributed by atoms with E-state index in [9.17, 15) is 8.78 Å². The molecule has 1 atom stereocenters. The summed E-state index contributed by atoms with van der Waals surface area (Å²) in [5.41, 5.74) is 0. The molecule has 1 nitrogen and oxygen atoms in total. The molecular weight excluding hydrogens is 150 g/mol. The van der Waals surface area contributed by atoms with E-state index in [1.165, 1.54) is 0 Å². The first-order valence-electron chi connectivity index (χ1n) is 3.81. The summed E-state index contributed by atoms with van der Waals surface area (Å²) in [5, 5.41) is 9.01. The summed E-state index contributed by atoms with van der Waals surface area (Å²) in [5.74, 6) is 0. The van der Waals surface area contributed by atoms with E-state index in [1.807, 2.05) is 6.92 Å². The van der Waals surface area contributed by atoms with Crippen LogP contribution in [0.1, 0.15) is 26.2 Å². The number of aliphatic hydroxyl groups is 1. The molecule has 0 unspecified atom stereocenters. The first-order chi connectivity index (χ1) is 5.16. The van der Waals surface area contributed by atoms with Crippen molar-refractivity contribution in [3.63, 3.8) is 0 Å². The molecular formula is C8H14F2O. The van der Waals surface area contributed by atoms with Crippen LogP contribution in [0.25, 0.3) is 0 Å². The van der Waals surface area contributed by atoms with E-state index in [0.29, 0.717) is 6.42 Å². The zero-order valence-electron chi connectivity index (χ0n) is 6.63. The maximum atomic E-state index is 11.5. The van der Waals surface area contributed by atoms with Crippen LogP contribution >= 0.6 is 0 Å². The molecule has 0 heterocycles.